The standard InChI is InChI=1S/C21H26N4O4/c1-14-5-3-4-6-17(14)20-22-18(29-23-20)11-24-9-16-10-25(15(2)26)13-21(16,12-24)8-7-19(27)28/h3-6,16H,7-13H2,1-2H3,(H,27,28)/t16-,21+/m0/s1. The fourth-order valence-electron chi connectivity index (χ4n) is 4.81. The molecule has 3 heterocycles. The molecule has 0 bridgehead atoms. The largest absolute Gasteiger partial charge is 0.481 e. The van der Waals surface area contributed by atoms with Gasteiger partial charge in [-0.25, -0.2) is 0 Å². The van der Waals surface area contributed by atoms with E-state index < -0.39 is 5.97 Å². The Hall–Kier alpha value is -2.74. The molecular weight excluding hydrogens is 372 g/mol. The van der Waals surface area contributed by atoms with Crippen LogP contribution in [0, 0.1) is 18.3 Å². The Labute approximate surface area is 169 Å². The van der Waals surface area contributed by atoms with Crippen LogP contribution in [0.2, 0.25) is 0 Å². The maximum Gasteiger partial charge on any atom is 0.303 e. The van der Waals surface area contributed by atoms with Crippen LogP contribution in [-0.4, -0.2) is 63.1 Å². The Kier molecular flexibility index (Phi) is 5.12. The normalized spacial score (nSPS) is 24.1. The van der Waals surface area contributed by atoms with E-state index in [1.807, 2.05) is 36.1 Å². The first-order valence-electron chi connectivity index (χ1n) is 9.94. The highest BCUT2D eigenvalue weighted by Gasteiger charge is 2.52. The van der Waals surface area contributed by atoms with Crippen molar-refractivity contribution in [3.63, 3.8) is 0 Å². The minimum Gasteiger partial charge on any atom is -0.481 e. The molecule has 8 nitrogen and oxygen atoms in total. The van der Waals surface area contributed by atoms with Gasteiger partial charge >= 0.3 is 5.97 Å². The van der Waals surface area contributed by atoms with Crippen LogP contribution in [0.3, 0.4) is 0 Å². The Morgan fingerprint density at radius 2 is 2.07 bits per heavy atom. The van der Waals surface area contributed by atoms with Gasteiger partial charge in [0.2, 0.25) is 17.6 Å². The van der Waals surface area contributed by atoms with Crippen LogP contribution < -0.4 is 0 Å². The predicted molar refractivity (Wildman–Crippen MR) is 105 cm³/mol. The maximum absolute atomic E-state index is 11.9. The average molecular weight is 398 g/mol. The van der Waals surface area contributed by atoms with Crippen LogP contribution in [-0.2, 0) is 16.1 Å². The number of carboxylic acid groups (broad SMARTS) is 1. The molecule has 0 spiro atoms. The molecule has 2 aliphatic heterocycles. The molecule has 1 aromatic heterocycles. The lowest BCUT2D eigenvalue weighted by Gasteiger charge is -2.28. The SMILES string of the molecule is CC(=O)N1C[C@@H]2CN(Cc3nc(-c4ccccc4C)no3)C[C@]2(CCC(=O)O)C1. The van der Waals surface area contributed by atoms with E-state index in [1.165, 1.54) is 0 Å². The number of aromatic nitrogens is 2. The molecule has 1 aromatic carbocycles. The average Bonchev–Trinajstić information content (AvgIpc) is 3.33. The quantitative estimate of drug-likeness (QED) is 0.796. The Morgan fingerprint density at radius 1 is 1.28 bits per heavy atom. The lowest BCUT2D eigenvalue weighted by atomic mass is 9.77. The molecule has 2 aliphatic rings. The molecule has 4 rings (SSSR count). The van der Waals surface area contributed by atoms with Gasteiger partial charge in [0.05, 0.1) is 6.54 Å². The van der Waals surface area contributed by atoms with Crippen molar-refractivity contribution in [2.45, 2.75) is 33.2 Å². The number of hydrogen-bond acceptors (Lipinski definition) is 6. The molecule has 0 unspecified atom stereocenters. The number of benzene rings is 1. The summed E-state index contributed by atoms with van der Waals surface area (Å²) in [6, 6.07) is 7.91. The topological polar surface area (TPSA) is 99.8 Å². The smallest absolute Gasteiger partial charge is 0.303 e. The van der Waals surface area contributed by atoms with Crippen molar-refractivity contribution in [2.75, 3.05) is 26.2 Å². The van der Waals surface area contributed by atoms with Crippen molar-refractivity contribution in [3.8, 4) is 11.4 Å². The molecule has 0 aliphatic carbocycles. The van der Waals surface area contributed by atoms with Crippen LogP contribution in [0.4, 0.5) is 0 Å². The van der Waals surface area contributed by atoms with Crippen LogP contribution >= 0.6 is 0 Å². The Balaban J connectivity index is 1.47. The number of fused-ring (bicyclic) bond motifs is 1. The maximum atomic E-state index is 11.9. The van der Waals surface area contributed by atoms with Crippen molar-refractivity contribution >= 4 is 11.9 Å². The highest BCUT2D eigenvalue weighted by atomic mass is 16.5. The summed E-state index contributed by atoms with van der Waals surface area (Å²) in [4.78, 5) is 31.7. The minimum absolute atomic E-state index is 0.0559. The number of carbonyl (C=O) groups is 2. The van der Waals surface area contributed by atoms with E-state index >= 15 is 0 Å². The van der Waals surface area contributed by atoms with Gasteiger partial charge in [0.1, 0.15) is 0 Å². The highest BCUT2D eigenvalue weighted by molar-refractivity contribution is 5.74. The van der Waals surface area contributed by atoms with Gasteiger partial charge in [-0.05, 0) is 24.8 Å². The van der Waals surface area contributed by atoms with E-state index in [1.54, 1.807) is 6.92 Å². The molecule has 29 heavy (non-hydrogen) atoms. The van der Waals surface area contributed by atoms with Gasteiger partial charge in [-0.15, -0.1) is 0 Å². The second-order valence-electron chi connectivity index (χ2n) is 8.35. The van der Waals surface area contributed by atoms with Gasteiger partial charge < -0.3 is 14.5 Å². The molecule has 0 saturated carbocycles. The van der Waals surface area contributed by atoms with E-state index in [0.29, 0.717) is 37.8 Å². The first-order chi connectivity index (χ1) is 13.9. The van der Waals surface area contributed by atoms with E-state index in [9.17, 15) is 14.7 Å². The van der Waals surface area contributed by atoms with Crippen LogP contribution in [0.1, 0.15) is 31.2 Å². The number of carboxylic acids is 1. The second kappa shape index (κ2) is 7.59. The fraction of sp³-hybridized carbons (Fsp3) is 0.524. The Bertz CT molecular complexity index is 927. The lowest BCUT2D eigenvalue weighted by molar-refractivity contribution is -0.137. The summed E-state index contributed by atoms with van der Waals surface area (Å²) in [5.41, 5.74) is 1.87. The summed E-state index contributed by atoms with van der Waals surface area (Å²) in [5, 5.41) is 13.3. The zero-order chi connectivity index (χ0) is 20.6. The number of aryl methyl sites for hydroxylation is 1. The van der Waals surface area contributed by atoms with Gasteiger partial charge in [0.15, 0.2) is 0 Å². The Morgan fingerprint density at radius 3 is 2.79 bits per heavy atom. The fourth-order valence-corrected chi connectivity index (χ4v) is 4.81. The summed E-state index contributed by atoms with van der Waals surface area (Å²) >= 11 is 0. The third kappa shape index (κ3) is 3.89. The van der Waals surface area contributed by atoms with Gasteiger partial charge in [0, 0.05) is 50.5 Å². The van der Waals surface area contributed by atoms with Crippen LogP contribution in [0.15, 0.2) is 28.8 Å². The second-order valence-corrected chi connectivity index (χ2v) is 8.35. The monoisotopic (exact) mass is 398 g/mol. The highest BCUT2D eigenvalue weighted by Crippen LogP contribution is 2.46. The van der Waals surface area contributed by atoms with Crippen LogP contribution in [0.5, 0.6) is 0 Å². The van der Waals surface area contributed by atoms with E-state index in [-0.39, 0.29) is 23.7 Å². The van der Waals surface area contributed by atoms with E-state index in [0.717, 1.165) is 24.2 Å². The zero-order valence-electron chi connectivity index (χ0n) is 16.8. The van der Waals surface area contributed by atoms with Crippen molar-refractivity contribution < 1.29 is 19.2 Å². The third-order valence-corrected chi connectivity index (χ3v) is 6.32. The first kappa shape index (κ1) is 19.6. The van der Waals surface area contributed by atoms with Gasteiger partial charge in [-0.2, -0.15) is 4.98 Å². The number of rotatable bonds is 6. The van der Waals surface area contributed by atoms with Gasteiger partial charge in [0.25, 0.3) is 0 Å². The summed E-state index contributed by atoms with van der Waals surface area (Å²) in [6.07, 6.45) is 0.694. The number of aliphatic carboxylic acids is 1. The first-order valence-corrected chi connectivity index (χ1v) is 9.94. The number of carbonyl (C=O) groups excluding carboxylic acids is 1. The number of nitrogens with zero attached hydrogens (tertiary/aromatic N) is 4. The summed E-state index contributed by atoms with van der Waals surface area (Å²) in [7, 11) is 0. The predicted octanol–water partition coefficient (Wildman–Crippen LogP) is 2.19. The minimum atomic E-state index is -0.794. The van der Waals surface area contributed by atoms with Gasteiger partial charge in [-0.3, -0.25) is 14.5 Å². The number of amides is 1. The lowest BCUT2D eigenvalue weighted by Crippen LogP contribution is -2.36. The van der Waals surface area contributed by atoms with Crippen molar-refractivity contribution in [3.05, 3.63) is 35.7 Å². The number of hydrogen-bond donors (Lipinski definition) is 1. The van der Waals surface area contributed by atoms with Crippen molar-refractivity contribution in [1.29, 1.82) is 0 Å². The molecule has 2 saturated heterocycles. The molecule has 8 heteroatoms. The van der Waals surface area contributed by atoms with Crippen molar-refractivity contribution in [1.82, 2.24) is 19.9 Å². The van der Waals surface area contributed by atoms with Crippen LogP contribution in [0.25, 0.3) is 11.4 Å². The molecule has 2 aromatic rings. The molecule has 1 N–H and O–H groups in total. The molecule has 0 radical (unpaired) electrons. The molecule has 1 amide bonds. The van der Waals surface area contributed by atoms with Crippen molar-refractivity contribution in [2.24, 2.45) is 11.3 Å². The third-order valence-electron chi connectivity index (χ3n) is 6.32. The van der Waals surface area contributed by atoms with Gasteiger partial charge in [-0.1, -0.05) is 29.4 Å². The molecular formula is C21H26N4O4. The molecule has 154 valence electrons. The molecule has 2 fully saturated rings. The summed E-state index contributed by atoms with van der Waals surface area (Å²) in [6.45, 7) is 6.96. The summed E-state index contributed by atoms with van der Waals surface area (Å²) < 4.78 is 5.49. The molecule has 2 atom stereocenters. The van der Waals surface area contributed by atoms with E-state index in [4.69, 9.17) is 4.52 Å². The van der Waals surface area contributed by atoms with E-state index in [2.05, 4.69) is 15.0 Å². The number of likely N-dealkylation sites (tertiary alicyclic amines) is 2. The zero-order valence-corrected chi connectivity index (χ0v) is 16.8. The summed E-state index contributed by atoms with van der Waals surface area (Å²) in [5.74, 6) is 0.670.